The van der Waals surface area contributed by atoms with Crippen molar-refractivity contribution in [3.05, 3.63) is 64.4 Å². The molecular formula is C19H21ClFNO2S. The summed E-state index contributed by atoms with van der Waals surface area (Å²) in [5.41, 5.74) is 1.77. The maximum Gasteiger partial charge on any atom is 0.230 e. The number of benzene rings is 2. The number of carbonyl (C=O) groups excluding carboxylic acids is 1. The van der Waals surface area contributed by atoms with Gasteiger partial charge in [-0.25, -0.2) is 4.39 Å². The average Bonchev–Trinajstić information content (AvgIpc) is 2.61. The summed E-state index contributed by atoms with van der Waals surface area (Å²) in [4.78, 5) is 11.8. The van der Waals surface area contributed by atoms with E-state index in [1.807, 2.05) is 24.3 Å². The third-order valence-corrected chi connectivity index (χ3v) is 4.85. The van der Waals surface area contributed by atoms with Gasteiger partial charge in [0.2, 0.25) is 5.91 Å². The fraction of sp³-hybridized carbons (Fsp3) is 0.316. The minimum absolute atomic E-state index is 0.0332. The lowest BCUT2D eigenvalue weighted by Gasteiger charge is -2.07. The Morgan fingerprint density at radius 3 is 2.68 bits per heavy atom. The molecule has 0 bridgehead atoms. The molecule has 25 heavy (non-hydrogen) atoms. The molecule has 1 amide bonds. The first kappa shape index (κ1) is 19.6. The van der Waals surface area contributed by atoms with Gasteiger partial charge >= 0.3 is 0 Å². The van der Waals surface area contributed by atoms with Crippen LogP contribution in [-0.2, 0) is 17.0 Å². The normalized spacial score (nSPS) is 10.5. The summed E-state index contributed by atoms with van der Waals surface area (Å²) in [6.07, 6.45) is 1.77. The standard InChI is InChI=1S/C19H21ClFNO2S/c1-24-17-8-4-14(5-9-17)3-2-10-22-19(23)13-25-12-15-6-7-16(20)11-18(15)21/h4-9,11H,2-3,10,12-13H2,1H3,(H,22,23). The van der Waals surface area contributed by atoms with E-state index in [1.165, 1.54) is 23.4 Å². The Bertz CT molecular complexity index is 694. The summed E-state index contributed by atoms with van der Waals surface area (Å²) in [5.74, 6) is 1.23. The number of aryl methyl sites for hydroxylation is 1. The van der Waals surface area contributed by atoms with Gasteiger partial charge in [0.25, 0.3) is 0 Å². The van der Waals surface area contributed by atoms with Crippen molar-refractivity contribution < 1.29 is 13.9 Å². The highest BCUT2D eigenvalue weighted by molar-refractivity contribution is 7.99. The van der Waals surface area contributed by atoms with Crippen LogP contribution in [0.5, 0.6) is 5.75 Å². The van der Waals surface area contributed by atoms with Crippen LogP contribution in [0, 0.1) is 5.82 Å². The van der Waals surface area contributed by atoms with E-state index >= 15 is 0 Å². The van der Waals surface area contributed by atoms with Gasteiger partial charge in [-0.15, -0.1) is 11.8 Å². The number of rotatable bonds is 9. The van der Waals surface area contributed by atoms with Crippen LogP contribution < -0.4 is 10.1 Å². The van der Waals surface area contributed by atoms with Gasteiger partial charge in [0.1, 0.15) is 11.6 Å². The number of hydrogen-bond acceptors (Lipinski definition) is 3. The summed E-state index contributed by atoms with van der Waals surface area (Å²) in [5, 5.41) is 3.26. The van der Waals surface area contributed by atoms with Crippen molar-refractivity contribution >= 4 is 29.3 Å². The van der Waals surface area contributed by atoms with Gasteiger partial charge in [-0.05, 0) is 48.2 Å². The maximum absolute atomic E-state index is 13.6. The van der Waals surface area contributed by atoms with Crippen LogP contribution in [0.15, 0.2) is 42.5 Å². The highest BCUT2D eigenvalue weighted by Gasteiger charge is 2.06. The lowest BCUT2D eigenvalue weighted by molar-refractivity contribution is -0.118. The Hall–Kier alpha value is -1.72. The highest BCUT2D eigenvalue weighted by Crippen LogP contribution is 2.19. The minimum atomic E-state index is -0.333. The van der Waals surface area contributed by atoms with Crippen molar-refractivity contribution in [2.75, 3.05) is 19.4 Å². The first-order valence-electron chi connectivity index (χ1n) is 8.00. The Kier molecular flexibility index (Phi) is 8.09. The van der Waals surface area contributed by atoms with Gasteiger partial charge in [-0.2, -0.15) is 0 Å². The van der Waals surface area contributed by atoms with E-state index < -0.39 is 0 Å². The summed E-state index contributed by atoms with van der Waals surface area (Å²) in [6.45, 7) is 0.626. The molecule has 6 heteroatoms. The van der Waals surface area contributed by atoms with Crippen molar-refractivity contribution in [2.45, 2.75) is 18.6 Å². The molecule has 2 rings (SSSR count). The van der Waals surface area contributed by atoms with E-state index in [2.05, 4.69) is 5.32 Å². The van der Waals surface area contributed by atoms with Crippen LogP contribution in [0.1, 0.15) is 17.5 Å². The zero-order valence-corrected chi connectivity index (χ0v) is 15.6. The number of amides is 1. The molecule has 0 spiro atoms. The van der Waals surface area contributed by atoms with E-state index in [-0.39, 0.29) is 11.7 Å². The molecule has 0 heterocycles. The molecule has 0 aromatic heterocycles. The molecule has 0 saturated heterocycles. The summed E-state index contributed by atoms with van der Waals surface area (Å²) < 4.78 is 18.7. The fourth-order valence-electron chi connectivity index (χ4n) is 2.26. The highest BCUT2D eigenvalue weighted by atomic mass is 35.5. The Morgan fingerprint density at radius 2 is 2.00 bits per heavy atom. The second kappa shape index (κ2) is 10.3. The van der Waals surface area contributed by atoms with Crippen molar-refractivity contribution in [3.63, 3.8) is 0 Å². The van der Waals surface area contributed by atoms with Crippen LogP contribution in [0.4, 0.5) is 4.39 Å². The van der Waals surface area contributed by atoms with Crippen molar-refractivity contribution in [2.24, 2.45) is 0 Å². The molecule has 0 radical (unpaired) electrons. The van der Waals surface area contributed by atoms with Crippen molar-refractivity contribution in [3.8, 4) is 5.75 Å². The number of hydrogen-bond donors (Lipinski definition) is 1. The topological polar surface area (TPSA) is 38.3 Å². The molecule has 0 aliphatic heterocycles. The molecule has 2 aromatic rings. The maximum atomic E-state index is 13.6. The van der Waals surface area contributed by atoms with Gasteiger partial charge < -0.3 is 10.1 Å². The van der Waals surface area contributed by atoms with Crippen LogP contribution in [0.2, 0.25) is 5.02 Å². The molecule has 1 N–H and O–H groups in total. The average molecular weight is 382 g/mol. The van der Waals surface area contributed by atoms with E-state index in [1.54, 1.807) is 19.2 Å². The fourth-order valence-corrected chi connectivity index (χ4v) is 3.26. The van der Waals surface area contributed by atoms with E-state index in [0.29, 0.717) is 28.6 Å². The molecule has 0 aliphatic carbocycles. The lowest BCUT2D eigenvalue weighted by Crippen LogP contribution is -2.26. The molecule has 3 nitrogen and oxygen atoms in total. The molecule has 0 atom stereocenters. The molecular weight excluding hydrogens is 361 g/mol. The third-order valence-electron chi connectivity index (χ3n) is 3.63. The van der Waals surface area contributed by atoms with Crippen LogP contribution in [0.3, 0.4) is 0 Å². The number of methoxy groups -OCH3 is 1. The number of nitrogens with one attached hydrogen (secondary N) is 1. The first-order valence-corrected chi connectivity index (χ1v) is 9.53. The number of thioether (sulfide) groups is 1. The summed E-state index contributed by atoms with van der Waals surface area (Å²) >= 11 is 7.10. The second-order valence-electron chi connectivity index (χ2n) is 5.53. The largest absolute Gasteiger partial charge is 0.497 e. The van der Waals surface area contributed by atoms with Crippen molar-refractivity contribution in [1.82, 2.24) is 5.32 Å². The predicted octanol–water partition coefficient (Wildman–Crippen LogP) is 4.47. The predicted molar refractivity (Wildman–Crippen MR) is 102 cm³/mol. The molecule has 0 saturated carbocycles. The smallest absolute Gasteiger partial charge is 0.230 e. The third kappa shape index (κ3) is 6.96. The Morgan fingerprint density at radius 1 is 1.24 bits per heavy atom. The van der Waals surface area contributed by atoms with Crippen LogP contribution in [0.25, 0.3) is 0 Å². The Labute approximate surface area is 156 Å². The van der Waals surface area contributed by atoms with Gasteiger partial charge in [-0.1, -0.05) is 29.8 Å². The van der Waals surface area contributed by atoms with Gasteiger partial charge in [0, 0.05) is 17.3 Å². The van der Waals surface area contributed by atoms with E-state index in [4.69, 9.17) is 16.3 Å². The molecule has 0 fully saturated rings. The first-order chi connectivity index (χ1) is 12.1. The van der Waals surface area contributed by atoms with Gasteiger partial charge in [-0.3, -0.25) is 4.79 Å². The minimum Gasteiger partial charge on any atom is -0.497 e. The monoisotopic (exact) mass is 381 g/mol. The second-order valence-corrected chi connectivity index (χ2v) is 6.95. The zero-order valence-electron chi connectivity index (χ0n) is 14.1. The summed E-state index contributed by atoms with van der Waals surface area (Å²) in [7, 11) is 1.64. The SMILES string of the molecule is COc1ccc(CCCNC(=O)CSCc2ccc(Cl)cc2F)cc1. The Balaban J connectivity index is 1.60. The van der Waals surface area contributed by atoms with Gasteiger partial charge in [0.05, 0.1) is 12.9 Å². The van der Waals surface area contributed by atoms with E-state index in [9.17, 15) is 9.18 Å². The van der Waals surface area contributed by atoms with E-state index in [0.717, 1.165) is 18.6 Å². The van der Waals surface area contributed by atoms with Crippen LogP contribution in [-0.4, -0.2) is 25.3 Å². The number of ether oxygens (including phenoxy) is 1. The lowest BCUT2D eigenvalue weighted by atomic mass is 10.1. The zero-order chi connectivity index (χ0) is 18.1. The molecule has 0 aliphatic rings. The van der Waals surface area contributed by atoms with Crippen molar-refractivity contribution in [1.29, 1.82) is 0 Å². The number of halogens is 2. The molecule has 134 valence electrons. The molecule has 2 aromatic carbocycles. The molecule has 0 unspecified atom stereocenters. The number of carbonyl (C=O) groups is 1. The van der Waals surface area contributed by atoms with Gasteiger partial charge in [0.15, 0.2) is 0 Å². The van der Waals surface area contributed by atoms with Crippen LogP contribution >= 0.6 is 23.4 Å². The summed E-state index contributed by atoms with van der Waals surface area (Å²) in [6, 6.07) is 12.5. The quantitative estimate of drug-likeness (QED) is 0.651.